The molecule has 3 N–H and O–H groups in total. The van der Waals surface area contributed by atoms with Crippen LogP contribution in [0.3, 0.4) is 0 Å². The zero-order valence-corrected chi connectivity index (χ0v) is 14.3. The van der Waals surface area contributed by atoms with Gasteiger partial charge < -0.3 is 15.7 Å². The summed E-state index contributed by atoms with van der Waals surface area (Å²) in [4.78, 5) is 35.9. The normalized spacial score (nSPS) is 16.3. The number of hydrogen-bond acceptors (Lipinski definition) is 3. The van der Waals surface area contributed by atoms with Crippen LogP contribution in [0.5, 0.6) is 0 Å². The molecule has 0 aromatic heterocycles. The minimum Gasteiger partial charge on any atom is -0.481 e. The Labute approximate surface area is 141 Å². The van der Waals surface area contributed by atoms with Crippen LogP contribution in [0.1, 0.15) is 42.6 Å². The Morgan fingerprint density at radius 1 is 1.25 bits per heavy atom. The standard InChI is InChI=1S/C18H24N2O4/c1-11(2)14(16(22)19-10-18(7-8-18)17(23)24)20-15(21)13-6-4-5-12(3)9-13/h4-6,9,11,14H,7-8,10H2,1-3H3,(H,19,22)(H,20,21)(H,23,24). The lowest BCUT2D eigenvalue weighted by molar-refractivity contribution is -0.143. The molecule has 130 valence electrons. The molecule has 1 unspecified atom stereocenters. The Bertz CT molecular complexity index is 650. The van der Waals surface area contributed by atoms with Crippen LogP contribution in [0.4, 0.5) is 0 Å². The van der Waals surface area contributed by atoms with Gasteiger partial charge in [-0.25, -0.2) is 0 Å². The smallest absolute Gasteiger partial charge is 0.311 e. The molecule has 0 spiro atoms. The maximum Gasteiger partial charge on any atom is 0.311 e. The van der Waals surface area contributed by atoms with Gasteiger partial charge in [-0.3, -0.25) is 14.4 Å². The number of carbonyl (C=O) groups is 3. The predicted octanol–water partition coefficient (Wildman–Crippen LogP) is 1.73. The van der Waals surface area contributed by atoms with E-state index in [0.29, 0.717) is 18.4 Å². The molecule has 1 fully saturated rings. The largest absolute Gasteiger partial charge is 0.481 e. The van der Waals surface area contributed by atoms with Crippen LogP contribution in [0.2, 0.25) is 0 Å². The van der Waals surface area contributed by atoms with Crippen molar-refractivity contribution in [2.24, 2.45) is 11.3 Å². The third kappa shape index (κ3) is 4.13. The van der Waals surface area contributed by atoms with Gasteiger partial charge in [-0.1, -0.05) is 31.5 Å². The molecule has 2 rings (SSSR count). The van der Waals surface area contributed by atoms with Crippen molar-refractivity contribution in [2.45, 2.75) is 39.7 Å². The summed E-state index contributed by atoms with van der Waals surface area (Å²) in [6, 6.07) is 6.43. The molecule has 1 saturated carbocycles. The molecule has 0 saturated heterocycles. The molecule has 6 nitrogen and oxygen atoms in total. The van der Waals surface area contributed by atoms with Gasteiger partial charge in [0.15, 0.2) is 0 Å². The van der Waals surface area contributed by atoms with E-state index in [-0.39, 0.29) is 24.3 Å². The Balaban J connectivity index is 1.99. The number of aryl methyl sites for hydroxylation is 1. The van der Waals surface area contributed by atoms with Crippen molar-refractivity contribution in [3.8, 4) is 0 Å². The van der Waals surface area contributed by atoms with Crippen LogP contribution < -0.4 is 10.6 Å². The third-order valence-electron chi connectivity index (χ3n) is 4.42. The fraction of sp³-hybridized carbons (Fsp3) is 0.500. The molecule has 1 aliphatic rings. The minimum absolute atomic E-state index is 0.102. The van der Waals surface area contributed by atoms with Gasteiger partial charge >= 0.3 is 5.97 Å². The summed E-state index contributed by atoms with van der Waals surface area (Å²) in [6.45, 7) is 5.67. The van der Waals surface area contributed by atoms with Crippen LogP contribution in [0, 0.1) is 18.3 Å². The number of nitrogens with one attached hydrogen (secondary N) is 2. The molecule has 1 aromatic rings. The number of carboxylic acids is 1. The Morgan fingerprint density at radius 2 is 1.92 bits per heavy atom. The average Bonchev–Trinajstić information content (AvgIpc) is 3.31. The van der Waals surface area contributed by atoms with Gasteiger partial charge in [0.1, 0.15) is 6.04 Å². The highest BCUT2D eigenvalue weighted by molar-refractivity contribution is 5.97. The quantitative estimate of drug-likeness (QED) is 0.708. The molecule has 0 heterocycles. The van der Waals surface area contributed by atoms with Crippen LogP contribution in [-0.4, -0.2) is 35.5 Å². The van der Waals surface area contributed by atoms with Crippen molar-refractivity contribution in [3.63, 3.8) is 0 Å². The van der Waals surface area contributed by atoms with Gasteiger partial charge in [-0.2, -0.15) is 0 Å². The van der Waals surface area contributed by atoms with E-state index in [2.05, 4.69) is 10.6 Å². The molecule has 1 atom stereocenters. The zero-order chi connectivity index (χ0) is 17.9. The maximum atomic E-state index is 12.4. The number of aliphatic carboxylic acids is 1. The highest BCUT2D eigenvalue weighted by Gasteiger charge is 2.50. The first-order valence-electron chi connectivity index (χ1n) is 8.14. The van der Waals surface area contributed by atoms with Crippen LogP contribution in [-0.2, 0) is 9.59 Å². The lowest BCUT2D eigenvalue weighted by Crippen LogP contribution is -2.51. The second-order valence-corrected chi connectivity index (χ2v) is 6.87. The van der Waals surface area contributed by atoms with Crippen molar-refractivity contribution in [1.82, 2.24) is 10.6 Å². The molecule has 2 amide bonds. The van der Waals surface area contributed by atoms with Crippen molar-refractivity contribution in [3.05, 3.63) is 35.4 Å². The monoisotopic (exact) mass is 332 g/mol. The number of rotatable bonds is 7. The predicted molar refractivity (Wildman–Crippen MR) is 89.6 cm³/mol. The molecule has 0 bridgehead atoms. The maximum absolute atomic E-state index is 12.4. The number of hydrogen-bond donors (Lipinski definition) is 3. The first-order chi connectivity index (χ1) is 11.2. The first kappa shape index (κ1) is 18.0. The van der Waals surface area contributed by atoms with Gasteiger partial charge in [-0.15, -0.1) is 0 Å². The topological polar surface area (TPSA) is 95.5 Å². The number of carboxylic acid groups (broad SMARTS) is 1. The summed E-state index contributed by atoms with van der Waals surface area (Å²) < 4.78 is 0. The fourth-order valence-corrected chi connectivity index (χ4v) is 2.53. The van der Waals surface area contributed by atoms with Crippen molar-refractivity contribution in [1.29, 1.82) is 0 Å². The Hall–Kier alpha value is -2.37. The van der Waals surface area contributed by atoms with Gasteiger partial charge in [0, 0.05) is 12.1 Å². The lowest BCUT2D eigenvalue weighted by atomic mass is 10.0. The summed E-state index contributed by atoms with van der Waals surface area (Å²) in [6.07, 6.45) is 1.15. The summed E-state index contributed by atoms with van der Waals surface area (Å²) in [5.74, 6) is -1.66. The molecule has 0 radical (unpaired) electrons. The Kier molecular flexibility index (Phi) is 5.26. The second-order valence-electron chi connectivity index (χ2n) is 6.87. The molecule has 6 heteroatoms. The van der Waals surface area contributed by atoms with Crippen molar-refractivity contribution >= 4 is 17.8 Å². The molecule has 1 aliphatic carbocycles. The van der Waals surface area contributed by atoms with E-state index in [0.717, 1.165) is 5.56 Å². The van der Waals surface area contributed by atoms with Crippen LogP contribution >= 0.6 is 0 Å². The molecule has 0 aliphatic heterocycles. The highest BCUT2D eigenvalue weighted by Crippen LogP contribution is 2.45. The SMILES string of the molecule is Cc1cccc(C(=O)NC(C(=O)NCC2(C(=O)O)CC2)C(C)C)c1. The van der Waals surface area contributed by atoms with E-state index in [9.17, 15) is 14.4 Å². The molecular weight excluding hydrogens is 308 g/mol. The van der Waals surface area contributed by atoms with Gasteiger partial charge in [0.05, 0.1) is 5.41 Å². The number of amides is 2. The summed E-state index contributed by atoms with van der Waals surface area (Å²) in [5.41, 5.74) is 0.639. The summed E-state index contributed by atoms with van der Waals surface area (Å²) in [5, 5.41) is 14.6. The van der Waals surface area contributed by atoms with Crippen LogP contribution in [0.25, 0.3) is 0 Å². The van der Waals surface area contributed by atoms with E-state index >= 15 is 0 Å². The lowest BCUT2D eigenvalue weighted by Gasteiger charge is -2.23. The fourth-order valence-electron chi connectivity index (χ4n) is 2.53. The van der Waals surface area contributed by atoms with Gasteiger partial charge in [0.2, 0.25) is 5.91 Å². The third-order valence-corrected chi connectivity index (χ3v) is 4.42. The molecule has 24 heavy (non-hydrogen) atoms. The second kappa shape index (κ2) is 7.03. The zero-order valence-electron chi connectivity index (χ0n) is 14.3. The average molecular weight is 332 g/mol. The summed E-state index contributed by atoms with van der Waals surface area (Å²) >= 11 is 0. The van der Waals surface area contributed by atoms with Crippen LogP contribution in [0.15, 0.2) is 24.3 Å². The number of benzene rings is 1. The van der Waals surface area contributed by atoms with Gasteiger partial charge in [-0.05, 0) is 37.8 Å². The molecule has 1 aromatic carbocycles. The van der Waals surface area contributed by atoms with Crippen molar-refractivity contribution < 1.29 is 19.5 Å². The summed E-state index contributed by atoms with van der Waals surface area (Å²) in [7, 11) is 0. The Morgan fingerprint density at radius 3 is 2.42 bits per heavy atom. The minimum atomic E-state index is -0.882. The first-order valence-corrected chi connectivity index (χ1v) is 8.14. The van der Waals surface area contributed by atoms with Crippen molar-refractivity contribution in [2.75, 3.05) is 6.54 Å². The van der Waals surface area contributed by atoms with E-state index in [4.69, 9.17) is 5.11 Å². The number of carbonyl (C=O) groups excluding carboxylic acids is 2. The highest BCUT2D eigenvalue weighted by atomic mass is 16.4. The van der Waals surface area contributed by atoms with E-state index < -0.39 is 17.4 Å². The van der Waals surface area contributed by atoms with E-state index in [1.807, 2.05) is 26.8 Å². The van der Waals surface area contributed by atoms with E-state index in [1.54, 1.807) is 18.2 Å². The van der Waals surface area contributed by atoms with E-state index in [1.165, 1.54) is 0 Å². The molecular formula is C18H24N2O4. The van der Waals surface area contributed by atoms with Gasteiger partial charge in [0.25, 0.3) is 5.91 Å².